The lowest BCUT2D eigenvalue weighted by molar-refractivity contribution is 0.546. The zero-order chi connectivity index (χ0) is 9.90. The minimum Gasteiger partial charge on any atom is -0.376 e. The fourth-order valence-corrected chi connectivity index (χ4v) is 0.973. The zero-order valence-electron chi connectivity index (χ0n) is 8.35. The third-order valence-corrected chi connectivity index (χ3v) is 2.18. The van der Waals surface area contributed by atoms with E-state index in [1.165, 1.54) is 0 Å². The van der Waals surface area contributed by atoms with Gasteiger partial charge < -0.3 is 10.3 Å². The van der Waals surface area contributed by atoms with Crippen molar-refractivity contribution in [2.24, 2.45) is 0 Å². The minimum absolute atomic E-state index is 0.0334. The molecule has 0 radical (unpaired) electrons. The van der Waals surface area contributed by atoms with E-state index in [0.717, 1.165) is 6.42 Å². The highest BCUT2D eigenvalue weighted by molar-refractivity contribution is 5.42. The van der Waals surface area contributed by atoms with Crippen molar-refractivity contribution in [2.75, 3.05) is 5.32 Å². The van der Waals surface area contributed by atoms with Crippen molar-refractivity contribution in [2.45, 2.75) is 32.7 Å². The van der Waals surface area contributed by atoms with Gasteiger partial charge in [-0.15, -0.1) is 0 Å². The maximum Gasteiger partial charge on any atom is 0.271 e. The number of rotatable bonds is 3. The van der Waals surface area contributed by atoms with Crippen molar-refractivity contribution in [1.82, 2.24) is 4.98 Å². The van der Waals surface area contributed by atoms with Crippen LogP contribution in [0.3, 0.4) is 0 Å². The molecule has 0 spiro atoms. The van der Waals surface area contributed by atoms with Crippen LogP contribution in [-0.2, 0) is 0 Å². The van der Waals surface area contributed by atoms with E-state index in [-0.39, 0.29) is 11.1 Å². The predicted octanol–water partition coefficient (Wildman–Crippen LogP) is 1.98. The molecule has 0 aliphatic rings. The second-order valence-corrected chi connectivity index (χ2v) is 3.78. The van der Waals surface area contributed by atoms with Crippen LogP contribution >= 0.6 is 0 Å². The summed E-state index contributed by atoms with van der Waals surface area (Å²) in [5.41, 5.74) is 0.535. The molecule has 2 N–H and O–H groups in total. The Morgan fingerprint density at radius 1 is 1.54 bits per heavy atom. The van der Waals surface area contributed by atoms with Gasteiger partial charge in [0.05, 0.1) is 0 Å². The Kier molecular flexibility index (Phi) is 2.76. The van der Waals surface area contributed by atoms with Gasteiger partial charge in [0.15, 0.2) is 0 Å². The molecular weight excluding hydrogens is 164 g/mol. The minimum atomic E-state index is -0.0657. The first-order valence-corrected chi connectivity index (χ1v) is 4.51. The number of hydrogen-bond donors (Lipinski definition) is 2. The van der Waals surface area contributed by atoms with Gasteiger partial charge in [-0.05, 0) is 32.4 Å². The fraction of sp³-hybridized carbons (Fsp3) is 0.500. The van der Waals surface area contributed by atoms with E-state index in [1.807, 2.05) is 6.07 Å². The first-order chi connectivity index (χ1) is 6.05. The maximum atomic E-state index is 11.3. The first kappa shape index (κ1) is 9.84. The van der Waals surface area contributed by atoms with Gasteiger partial charge >= 0.3 is 0 Å². The lowest BCUT2D eigenvalue weighted by Crippen LogP contribution is -2.32. The summed E-state index contributed by atoms with van der Waals surface area (Å²) in [5, 5.41) is 3.19. The largest absolute Gasteiger partial charge is 0.376 e. The molecule has 0 aliphatic carbocycles. The Morgan fingerprint density at radius 3 is 2.77 bits per heavy atom. The van der Waals surface area contributed by atoms with Gasteiger partial charge in [0.1, 0.15) is 5.69 Å². The molecule has 1 rings (SSSR count). The number of H-pyrrole nitrogens is 1. The molecule has 0 saturated carbocycles. The molecule has 0 saturated heterocycles. The first-order valence-electron chi connectivity index (χ1n) is 4.51. The summed E-state index contributed by atoms with van der Waals surface area (Å²) in [6.07, 6.45) is 2.60. The summed E-state index contributed by atoms with van der Waals surface area (Å²) in [5.74, 6) is 0. The normalized spacial score (nSPS) is 11.3. The number of nitrogens with one attached hydrogen (secondary N) is 2. The molecule has 0 fully saturated rings. The van der Waals surface area contributed by atoms with Crippen LogP contribution in [0.2, 0.25) is 0 Å². The van der Waals surface area contributed by atoms with Crippen LogP contribution in [0.5, 0.6) is 0 Å². The molecule has 0 amide bonds. The van der Waals surface area contributed by atoms with Crippen LogP contribution in [0.15, 0.2) is 23.1 Å². The highest BCUT2D eigenvalue weighted by atomic mass is 16.1. The molecule has 3 heteroatoms. The molecule has 1 heterocycles. The topological polar surface area (TPSA) is 44.9 Å². The third-order valence-electron chi connectivity index (χ3n) is 2.18. The molecule has 1 aromatic heterocycles. The van der Waals surface area contributed by atoms with Crippen LogP contribution in [0.25, 0.3) is 0 Å². The van der Waals surface area contributed by atoms with Gasteiger partial charge in [-0.3, -0.25) is 4.79 Å². The number of aromatic nitrogens is 1. The maximum absolute atomic E-state index is 11.3. The molecular formula is C10H16N2O. The van der Waals surface area contributed by atoms with Gasteiger partial charge in [-0.2, -0.15) is 0 Å². The summed E-state index contributed by atoms with van der Waals surface area (Å²) in [6.45, 7) is 6.23. The number of pyridine rings is 1. The van der Waals surface area contributed by atoms with E-state index in [9.17, 15) is 4.79 Å². The Balaban J connectivity index is 2.87. The number of aromatic amines is 1. The van der Waals surface area contributed by atoms with Gasteiger partial charge in [0.2, 0.25) is 0 Å². The highest BCUT2D eigenvalue weighted by Gasteiger charge is 2.15. The second-order valence-electron chi connectivity index (χ2n) is 3.78. The molecule has 13 heavy (non-hydrogen) atoms. The van der Waals surface area contributed by atoms with Crippen molar-refractivity contribution >= 4 is 5.69 Å². The quantitative estimate of drug-likeness (QED) is 0.747. The average molecular weight is 180 g/mol. The van der Waals surface area contributed by atoms with Crippen LogP contribution < -0.4 is 10.9 Å². The van der Waals surface area contributed by atoms with Gasteiger partial charge in [0.25, 0.3) is 5.56 Å². The van der Waals surface area contributed by atoms with Crippen molar-refractivity contribution in [3.63, 3.8) is 0 Å². The standard InChI is InChI=1S/C10H16N2O/c1-4-10(2,3)12-8-6-5-7-11-9(8)13/h5-7,12H,4H2,1-3H3,(H,11,13). The lowest BCUT2D eigenvalue weighted by atomic mass is 10.0. The van der Waals surface area contributed by atoms with Crippen LogP contribution in [0.4, 0.5) is 5.69 Å². The van der Waals surface area contributed by atoms with Crippen molar-refractivity contribution in [3.05, 3.63) is 28.7 Å². The summed E-state index contributed by atoms with van der Waals surface area (Å²) < 4.78 is 0. The number of hydrogen-bond acceptors (Lipinski definition) is 2. The Morgan fingerprint density at radius 2 is 2.23 bits per heavy atom. The van der Waals surface area contributed by atoms with E-state index in [2.05, 4.69) is 31.1 Å². The zero-order valence-corrected chi connectivity index (χ0v) is 8.35. The van der Waals surface area contributed by atoms with E-state index in [0.29, 0.717) is 5.69 Å². The average Bonchev–Trinajstić information content (AvgIpc) is 2.09. The third kappa shape index (κ3) is 2.61. The molecule has 0 unspecified atom stereocenters. The van der Waals surface area contributed by atoms with Crippen LogP contribution in [-0.4, -0.2) is 10.5 Å². The fourth-order valence-electron chi connectivity index (χ4n) is 0.973. The molecule has 0 aromatic carbocycles. The number of anilines is 1. The van der Waals surface area contributed by atoms with E-state index in [4.69, 9.17) is 0 Å². The molecule has 0 bridgehead atoms. The van der Waals surface area contributed by atoms with Crippen molar-refractivity contribution < 1.29 is 0 Å². The molecule has 3 nitrogen and oxygen atoms in total. The smallest absolute Gasteiger partial charge is 0.271 e. The van der Waals surface area contributed by atoms with Gasteiger partial charge in [-0.1, -0.05) is 6.92 Å². The van der Waals surface area contributed by atoms with Crippen molar-refractivity contribution in [1.29, 1.82) is 0 Å². The highest BCUT2D eigenvalue weighted by Crippen LogP contribution is 2.13. The summed E-state index contributed by atoms with van der Waals surface area (Å²) in [6, 6.07) is 3.60. The Bertz CT molecular complexity index is 328. The Labute approximate surface area is 78.2 Å². The van der Waals surface area contributed by atoms with Crippen molar-refractivity contribution in [3.8, 4) is 0 Å². The Hall–Kier alpha value is -1.25. The SMILES string of the molecule is CCC(C)(C)Nc1ccc[nH]c1=O. The van der Waals surface area contributed by atoms with E-state index in [1.54, 1.807) is 12.3 Å². The summed E-state index contributed by atoms with van der Waals surface area (Å²) in [7, 11) is 0. The van der Waals surface area contributed by atoms with Crippen LogP contribution in [0, 0.1) is 0 Å². The van der Waals surface area contributed by atoms with Gasteiger partial charge in [0, 0.05) is 11.7 Å². The van der Waals surface area contributed by atoms with E-state index < -0.39 is 0 Å². The monoisotopic (exact) mass is 180 g/mol. The summed E-state index contributed by atoms with van der Waals surface area (Å²) >= 11 is 0. The lowest BCUT2D eigenvalue weighted by Gasteiger charge is -2.25. The van der Waals surface area contributed by atoms with E-state index >= 15 is 0 Å². The van der Waals surface area contributed by atoms with Gasteiger partial charge in [-0.25, -0.2) is 0 Å². The molecule has 0 atom stereocenters. The molecule has 1 aromatic rings. The molecule has 72 valence electrons. The second kappa shape index (κ2) is 3.64. The summed E-state index contributed by atoms with van der Waals surface area (Å²) in [4.78, 5) is 13.9. The van der Waals surface area contributed by atoms with Crippen LogP contribution in [0.1, 0.15) is 27.2 Å². The molecule has 0 aliphatic heterocycles. The predicted molar refractivity (Wildman–Crippen MR) is 55.1 cm³/mol.